The summed E-state index contributed by atoms with van der Waals surface area (Å²) < 4.78 is 1.67. The lowest BCUT2D eigenvalue weighted by molar-refractivity contribution is -0.115. The second kappa shape index (κ2) is 7.94. The number of anilines is 1. The first kappa shape index (κ1) is 17.2. The van der Waals surface area contributed by atoms with E-state index in [0.717, 1.165) is 16.9 Å². The standard InChI is InChI=1S/C18H19N5OS/c1-13-8-9-15(12-14(13)2)19-17(24)10-11-25-18-20-21-22-23(18)16-6-4-3-5-7-16/h3-9,12H,10-11H2,1-2H3,(H,19,24). The number of aryl methyl sites for hydroxylation is 2. The number of carbonyl (C=O) groups excluding carboxylic acids is 1. The van der Waals surface area contributed by atoms with Crippen molar-refractivity contribution in [1.29, 1.82) is 0 Å². The molecule has 0 radical (unpaired) electrons. The maximum Gasteiger partial charge on any atom is 0.225 e. The zero-order valence-corrected chi connectivity index (χ0v) is 15.0. The number of aromatic nitrogens is 4. The molecule has 128 valence electrons. The van der Waals surface area contributed by atoms with Crippen LogP contribution in [0.3, 0.4) is 0 Å². The molecule has 1 aromatic heterocycles. The first-order chi connectivity index (χ1) is 12.1. The number of hydrogen-bond acceptors (Lipinski definition) is 5. The van der Waals surface area contributed by atoms with Gasteiger partial charge in [0.05, 0.1) is 5.69 Å². The van der Waals surface area contributed by atoms with E-state index < -0.39 is 0 Å². The van der Waals surface area contributed by atoms with Gasteiger partial charge in [0, 0.05) is 17.9 Å². The summed E-state index contributed by atoms with van der Waals surface area (Å²) in [6, 6.07) is 15.6. The quantitative estimate of drug-likeness (QED) is 0.688. The normalized spacial score (nSPS) is 10.6. The van der Waals surface area contributed by atoms with Gasteiger partial charge in [-0.3, -0.25) is 4.79 Å². The van der Waals surface area contributed by atoms with E-state index in [1.807, 2.05) is 55.5 Å². The molecule has 3 aromatic rings. The Morgan fingerprint density at radius 2 is 1.92 bits per heavy atom. The smallest absolute Gasteiger partial charge is 0.225 e. The number of rotatable bonds is 6. The Hall–Kier alpha value is -2.67. The van der Waals surface area contributed by atoms with Crippen molar-refractivity contribution in [3.63, 3.8) is 0 Å². The molecule has 0 saturated carbocycles. The Kier molecular flexibility index (Phi) is 5.45. The van der Waals surface area contributed by atoms with Gasteiger partial charge in [0.2, 0.25) is 11.1 Å². The van der Waals surface area contributed by atoms with Gasteiger partial charge in [-0.1, -0.05) is 36.0 Å². The van der Waals surface area contributed by atoms with Gasteiger partial charge in [0.1, 0.15) is 0 Å². The molecule has 6 nitrogen and oxygen atoms in total. The highest BCUT2D eigenvalue weighted by molar-refractivity contribution is 7.99. The van der Waals surface area contributed by atoms with Crippen LogP contribution in [0.2, 0.25) is 0 Å². The number of nitrogens with zero attached hydrogens (tertiary/aromatic N) is 4. The molecule has 2 aromatic carbocycles. The van der Waals surface area contributed by atoms with Gasteiger partial charge in [0.15, 0.2) is 0 Å². The lowest BCUT2D eigenvalue weighted by atomic mass is 10.1. The minimum Gasteiger partial charge on any atom is -0.326 e. The first-order valence-electron chi connectivity index (χ1n) is 7.97. The highest BCUT2D eigenvalue weighted by Gasteiger charge is 2.10. The summed E-state index contributed by atoms with van der Waals surface area (Å²) in [6.07, 6.45) is 0.388. The molecule has 0 aliphatic rings. The molecule has 0 aliphatic carbocycles. The highest BCUT2D eigenvalue weighted by Crippen LogP contribution is 2.19. The molecule has 1 amide bonds. The van der Waals surface area contributed by atoms with E-state index in [1.165, 1.54) is 17.3 Å². The fraction of sp³-hybridized carbons (Fsp3) is 0.222. The topological polar surface area (TPSA) is 72.7 Å². The van der Waals surface area contributed by atoms with Crippen LogP contribution in [0.5, 0.6) is 0 Å². The highest BCUT2D eigenvalue weighted by atomic mass is 32.2. The van der Waals surface area contributed by atoms with Crippen molar-refractivity contribution in [2.45, 2.75) is 25.4 Å². The zero-order valence-electron chi connectivity index (χ0n) is 14.1. The van der Waals surface area contributed by atoms with Crippen LogP contribution in [0.4, 0.5) is 5.69 Å². The largest absolute Gasteiger partial charge is 0.326 e. The van der Waals surface area contributed by atoms with Gasteiger partial charge in [-0.05, 0) is 59.7 Å². The Balaban J connectivity index is 1.54. The Bertz CT molecular complexity index is 863. The van der Waals surface area contributed by atoms with Crippen LogP contribution < -0.4 is 5.32 Å². The minimum atomic E-state index is -0.0190. The monoisotopic (exact) mass is 353 g/mol. The van der Waals surface area contributed by atoms with E-state index >= 15 is 0 Å². The molecule has 0 fully saturated rings. The summed E-state index contributed by atoms with van der Waals surface area (Å²) in [5.74, 6) is 0.582. The maximum absolute atomic E-state index is 12.1. The third-order valence-corrected chi connectivity index (χ3v) is 4.71. The molecule has 1 heterocycles. The number of amides is 1. The maximum atomic E-state index is 12.1. The van der Waals surface area contributed by atoms with Crippen molar-refractivity contribution in [2.75, 3.05) is 11.1 Å². The van der Waals surface area contributed by atoms with Gasteiger partial charge in [-0.15, -0.1) is 5.10 Å². The third-order valence-electron chi connectivity index (χ3n) is 3.79. The Labute approximate surface area is 150 Å². The number of benzene rings is 2. The Morgan fingerprint density at radius 1 is 1.12 bits per heavy atom. The number of tetrazole rings is 1. The van der Waals surface area contributed by atoms with Crippen molar-refractivity contribution < 1.29 is 4.79 Å². The lowest BCUT2D eigenvalue weighted by Crippen LogP contribution is -2.12. The zero-order chi connectivity index (χ0) is 17.6. The van der Waals surface area contributed by atoms with Gasteiger partial charge in [0.25, 0.3) is 0 Å². The second-order valence-corrected chi connectivity index (χ2v) is 6.72. The molecule has 7 heteroatoms. The van der Waals surface area contributed by atoms with E-state index in [2.05, 4.69) is 27.8 Å². The summed E-state index contributed by atoms with van der Waals surface area (Å²) in [7, 11) is 0. The van der Waals surface area contributed by atoms with Crippen molar-refractivity contribution >= 4 is 23.4 Å². The van der Waals surface area contributed by atoms with Crippen molar-refractivity contribution in [1.82, 2.24) is 20.2 Å². The number of hydrogen-bond donors (Lipinski definition) is 1. The van der Waals surface area contributed by atoms with Crippen LogP contribution in [0.25, 0.3) is 5.69 Å². The molecule has 0 unspecified atom stereocenters. The molecule has 1 N–H and O–H groups in total. The predicted molar refractivity (Wildman–Crippen MR) is 99.0 cm³/mol. The van der Waals surface area contributed by atoms with E-state index in [4.69, 9.17) is 0 Å². The van der Waals surface area contributed by atoms with Crippen LogP contribution in [0.15, 0.2) is 53.7 Å². The van der Waals surface area contributed by atoms with Crippen LogP contribution in [-0.4, -0.2) is 31.9 Å². The summed E-state index contributed by atoms with van der Waals surface area (Å²) in [4.78, 5) is 12.1. The van der Waals surface area contributed by atoms with Crippen molar-refractivity contribution in [3.05, 3.63) is 59.7 Å². The minimum absolute atomic E-state index is 0.0190. The third kappa shape index (κ3) is 4.45. The van der Waals surface area contributed by atoms with Crippen LogP contribution in [0, 0.1) is 13.8 Å². The van der Waals surface area contributed by atoms with Crippen LogP contribution in [-0.2, 0) is 4.79 Å². The summed E-state index contributed by atoms with van der Waals surface area (Å²) >= 11 is 1.46. The molecule has 0 bridgehead atoms. The molecule has 0 saturated heterocycles. The fourth-order valence-corrected chi connectivity index (χ4v) is 3.11. The van der Waals surface area contributed by atoms with Crippen LogP contribution >= 0.6 is 11.8 Å². The van der Waals surface area contributed by atoms with E-state index in [0.29, 0.717) is 17.3 Å². The Morgan fingerprint density at radius 3 is 2.68 bits per heavy atom. The van der Waals surface area contributed by atoms with Gasteiger partial charge < -0.3 is 5.32 Å². The number of thioether (sulfide) groups is 1. The summed E-state index contributed by atoms with van der Waals surface area (Å²) in [5, 5.41) is 15.4. The molecule has 25 heavy (non-hydrogen) atoms. The van der Waals surface area contributed by atoms with Crippen molar-refractivity contribution in [2.24, 2.45) is 0 Å². The predicted octanol–water partition coefficient (Wildman–Crippen LogP) is 3.40. The molecular weight excluding hydrogens is 334 g/mol. The summed E-state index contributed by atoms with van der Waals surface area (Å²) in [6.45, 7) is 4.08. The fourth-order valence-electron chi connectivity index (χ4n) is 2.28. The van der Waals surface area contributed by atoms with E-state index in [1.54, 1.807) is 4.68 Å². The average Bonchev–Trinajstić information content (AvgIpc) is 3.07. The van der Waals surface area contributed by atoms with Crippen LogP contribution in [0.1, 0.15) is 17.5 Å². The molecule has 0 atom stereocenters. The van der Waals surface area contributed by atoms with Gasteiger partial charge >= 0.3 is 0 Å². The molecule has 3 rings (SSSR count). The second-order valence-electron chi connectivity index (χ2n) is 5.65. The van der Waals surface area contributed by atoms with Gasteiger partial charge in [-0.2, -0.15) is 4.68 Å². The number of nitrogens with one attached hydrogen (secondary N) is 1. The SMILES string of the molecule is Cc1ccc(NC(=O)CCSc2nnnn2-c2ccccc2)cc1C. The first-order valence-corrected chi connectivity index (χ1v) is 8.96. The average molecular weight is 353 g/mol. The summed E-state index contributed by atoms with van der Waals surface area (Å²) in [5.41, 5.74) is 4.09. The molecule has 0 aliphatic heterocycles. The van der Waals surface area contributed by atoms with Gasteiger partial charge in [-0.25, -0.2) is 0 Å². The number of carbonyl (C=O) groups is 1. The lowest BCUT2D eigenvalue weighted by Gasteiger charge is -2.07. The molecule has 0 spiro atoms. The van der Waals surface area contributed by atoms with E-state index in [9.17, 15) is 4.79 Å². The van der Waals surface area contributed by atoms with Crippen molar-refractivity contribution in [3.8, 4) is 5.69 Å². The number of para-hydroxylation sites is 1. The molecular formula is C18H19N5OS. The van der Waals surface area contributed by atoms with E-state index in [-0.39, 0.29) is 5.91 Å².